The van der Waals surface area contributed by atoms with Crippen LogP contribution in [0, 0.1) is 0 Å². The Hall–Kier alpha value is -2.03. The Morgan fingerprint density at radius 2 is 2.17 bits per heavy atom. The Morgan fingerprint density at radius 1 is 1.34 bits per heavy atom. The van der Waals surface area contributed by atoms with E-state index in [-0.39, 0.29) is 19.1 Å². The van der Waals surface area contributed by atoms with E-state index in [0.717, 1.165) is 42.2 Å². The van der Waals surface area contributed by atoms with Crippen LogP contribution in [0.2, 0.25) is 5.02 Å². The molecular weight excluding hydrogens is 466 g/mol. The molecule has 1 aromatic carbocycles. The first kappa shape index (κ1) is 27.6. The normalized spacial score (nSPS) is 18.0. The van der Waals surface area contributed by atoms with Crippen LogP contribution in [0.25, 0.3) is 0 Å². The quantitative estimate of drug-likeness (QED) is 0.358. The van der Waals surface area contributed by atoms with E-state index >= 15 is 0 Å². The zero-order chi connectivity index (χ0) is 25.2. The maximum atomic E-state index is 10.9. The van der Waals surface area contributed by atoms with Gasteiger partial charge in [-0.1, -0.05) is 30.7 Å². The van der Waals surface area contributed by atoms with E-state index in [4.69, 9.17) is 21.4 Å². The van der Waals surface area contributed by atoms with Crippen LogP contribution in [0.4, 0.5) is 0 Å². The predicted octanol–water partition coefficient (Wildman–Crippen LogP) is 4.01. The van der Waals surface area contributed by atoms with Gasteiger partial charge in [0.05, 0.1) is 18.8 Å². The third-order valence-electron chi connectivity index (χ3n) is 6.68. The van der Waals surface area contributed by atoms with Gasteiger partial charge in [-0.3, -0.25) is 14.7 Å². The van der Waals surface area contributed by atoms with Gasteiger partial charge in [-0.2, -0.15) is 0 Å². The number of aryl methyl sites for hydroxylation is 2. The molecule has 1 aliphatic heterocycles. The summed E-state index contributed by atoms with van der Waals surface area (Å²) in [6.45, 7) is 6.46. The average molecular weight is 504 g/mol. The molecule has 192 valence electrons. The molecule has 2 heterocycles. The van der Waals surface area contributed by atoms with Gasteiger partial charge in [0.15, 0.2) is 0 Å². The van der Waals surface area contributed by atoms with Crippen LogP contribution in [0.1, 0.15) is 61.5 Å². The molecule has 8 heteroatoms. The second kappa shape index (κ2) is 13.9. The van der Waals surface area contributed by atoms with Crippen molar-refractivity contribution >= 4 is 17.6 Å². The fourth-order valence-electron chi connectivity index (χ4n) is 4.70. The first-order valence-corrected chi connectivity index (χ1v) is 12.9. The second-order valence-corrected chi connectivity index (χ2v) is 9.71. The monoisotopic (exact) mass is 503 g/mol. The first-order chi connectivity index (χ1) is 16.9. The van der Waals surface area contributed by atoms with Crippen molar-refractivity contribution in [1.29, 1.82) is 0 Å². The fraction of sp³-hybridized carbons (Fsp3) is 0.556. The summed E-state index contributed by atoms with van der Waals surface area (Å²) in [6, 6.07) is 8.70. The summed E-state index contributed by atoms with van der Waals surface area (Å²) in [5.41, 5.74) is 4.30. The number of halogens is 1. The molecule has 3 rings (SSSR count). The van der Waals surface area contributed by atoms with Crippen molar-refractivity contribution in [1.82, 2.24) is 15.2 Å². The smallest absolute Gasteiger partial charge is 0.303 e. The summed E-state index contributed by atoms with van der Waals surface area (Å²) in [5, 5.41) is 23.6. The Labute approximate surface area is 213 Å². The highest BCUT2D eigenvalue weighted by Crippen LogP contribution is 2.24. The number of carboxylic acid groups (broad SMARTS) is 1. The summed E-state index contributed by atoms with van der Waals surface area (Å²) in [6.07, 6.45) is 7.23. The molecule has 0 saturated carbocycles. The number of aliphatic carboxylic acids is 1. The molecule has 3 N–H and O–H groups in total. The first-order valence-electron chi connectivity index (χ1n) is 12.5. The van der Waals surface area contributed by atoms with Gasteiger partial charge < -0.3 is 20.3 Å². The molecule has 0 radical (unpaired) electrons. The number of nitrogens with one attached hydrogen (secondary N) is 1. The zero-order valence-corrected chi connectivity index (χ0v) is 21.5. The number of likely N-dealkylation sites (tertiary alicyclic amines) is 1. The summed E-state index contributed by atoms with van der Waals surface area (Å²) in [4.78, 5) is 17.5. The molecular formula is C27H38ClN3O4. The lowest BCUT2D eigenvalue weighted by atomic mass is 10.0. The number of benzene rings is 1. The molecule has 1 aliphatic rings. The molecule has 1 fully saturated rings. The zero-order valence-electron chi connectivity index (χ0n) is 20.8. The van der Waals surface area contributed by atoms with Crippen LogP contribution in [0.5, 0.6) is 0 Å². The highest BCUT2D eigenvalue weighted by Gasteiger charge is 2.24. The maximum Gasteiger partial charge on any atom is 0.303 e. The number of carbonyl (C=O) groups is 1. The molecule has 0 spiro atoms. The van der Waals surface area contributed by atoms with Crippen molar-refractivity contribution in [2.24, 2.45) is 0 Å². The molecule has 1 aromatic heterocycles. The van der Waals surface area contributed by atoms with Gasteiger partial charge in [-0.25, -0.2) is 0 Å². The van der Waals surface area contributed by atoms with Crippen molar-refractivity contribution < 1.29 is 19.7 Å². The molecule has 0 aliphatic carbocycles. The van der Waals surface area contributed by atoms with Crippen LogP contribution in [-0.4, -0.2) is 64.6 Å². The van der Waals surface area contributed by atoms with Crippen molar-refractivity contribution in [3.05, 3.63) is 63.9 Å². The molecule has 35 heavy (non-hydrogen) atoms. The van der Waals surface area contributed by atoms with E-state index < -0.39 is 12.1 Å². The number of ether oxygens (including phenoxy) is 1. The summed E-state index contributed by atoms with van der Waals surface area (Å²) < 4.78 is 5.90. The van der Waals surface area contributed by atoms with Crippen molar-refractivity contribution in [2.75, 3.05) is 26.4 Å². The molecule has 3 atom stereocenters. The SMILES string of the molecule is CCc1cc(C[C@@H]2CCCN2CNC[C@@H](O)COC(C)c2ccncc2CCC(=O)O)ccc1Cl. The number of pyridine rings is 1. The number of hydrogen-bond donors (Lipinski definition) is 3. The van der Waals surface area contributed by atoms with E-state index in [0.29, 0.717) is 19.0 Å². The Morgan fingerprint density at radius 3 is 2.94 bits per heavy atom. The van der Waals surface area contributed by atoms with Gasteiger partial charge in [0.1, 0.15) is 0 Å². The highest BCUT2D eigenvalue weighted by atomic mass is 35.5. The number of aromatic nitrogens is 1. The van der Waals surface area contributed by atoms with Crippen molar-refractivity contribution in [3.8, 4) is 0 Å². The Balaban J connectivity index is 1.41. The summed E-state index contributed by atoms with van der Waals surface area (Å²) in [7, 11) is 0. The van der Waals surface area contributed by atoms with E-state index in [2.05, 4.69) is 34.3 Å². The number of aliphatic hydroxyl groups is 1. The van der Waals surface area contributed by atoms with E-state index in [1.165, 1.54) is 24.0 Å². The van der Waals surface area contributed by atoms with Gasteiger partial charge in [-0.15, -0.1) is 0 Å². The number of rotatable bonds is 14. The van der Waals surface area contributed by atoms with E-state index in [1.807, 2.05) is 19.1 Å². The van der Waals surface area contributed by atoms with E-state index in [1.54, 1.807) is 12.4 Å². The second-order valence-electron chi connectivity index (χ2n) is 9.30. The van der Waals surface area contributed by atoms with Crippen LogP contribution >= 0.6 is 11.6 Å². The highest BCUT2D eigenvalue weighted by molar-refractivity contribution is 6.31. The van der Waals surface area contributed by atoms with Gasteiger partial charge >= 0.3 is 5.97 Å². The lowest BCUT2D eigenvalue weighted by molar-refractivity contribution is -0.136. The third kappa shape index (κ3) is 8.54. The summed E-state index contributed by atoms with van der Waals surface area (Å²) >= 11 is 6.27. The standard InChI is InChI=1S/C27H38ClN3O4/c1-3-21-13-20(6-8-26(21)28)14-23-5-4-12-31(23)18-30-16-24(32)17-35-19(2)25-10-11-29-15-22(25)7-9-27(33)34/h6,8,10-11,13,15,19,23-24,30,32H,3-5,7,9,12,14,16-18H2,1-2H3,(H,33,34)/t19?,23-,24+/m0/s1. The van der Waals surface area contributed by atoms with E-state index in [9.17, 15) is 9.90 Å². The van der Waals surface area contributed by atoms with Gasteiger partial charge in [0, 0.05) is 43.1 Å². The lowest BCUT2D eigenvalue weighted by Crippen LogP contribution is -2.42. The average Bonchev–Trinajstić information content (AvgIpc) is 3.29. The molecule has 7 nitrogen and oxygen atoms in total. The van der Waals surface area contributed by atoms with Gasteiger partial charge in [0.2, 0.25) is 0 Å². The molecule has 1 saturated heterocycles. The molecule has 1 unspecified atom stereocenters. The van der Waals surface area contributed by atoms with Gasteiger partial charge in [-0.05, 0) is 80.0 Å². The lowest BCUT2D eigenvalue weighted by Gasteiger charge is -2.26. The molecule has 0 amide bonds. The van der Waals surface area contributed by atoms with Crippen LogP contribution in [-0.2, 0) is 28.8 Å². The maximum absolute atomic E-state index is 10.9. The van der Waals surface area contributed by atoms with Crippen LogP contribution in [0.3, 0.4) is 0 Å². The molecule has 2 aromatic rings. The van der Waals surface area contributed by atoms with Crippen molar-refractivity contribution in [3.63, 3.8) is 0 Å². The minimum absolute atomic E-state index is 0.0488. The number of hydrogen-bond acceptors (Lipinski definition) is 6. The number of carboxylic acids is 1. The Kier molecular flexibility index (Phi) is 10.9. The number of aliphatic hydroxyl groups excluding tert-OH is 1. The van der Waals surface area contributed by atoms with Crippen LogP contribution in [0.15, 0.2) is 36.7 Å². The largest absolute Gasteiger partial charge is 0.481 e. The Bertz CT molecular complexity index is 958. The third-order valence-corrected chi connectivity index (χ3v) is 7.05. The minimum atomic E-state index is -0.839. The predicted molar refractivity (Wildman–Crippen MR) is 138 cm³/mol. The molecule has 0 bridgehead atoms. The minimum Gasteiger partial charge on any atom is -0.481 e. The fourth-order valence-corrected chi connectivity index (χ4v) is 4.95. The van der Waals surface area contributed by atoms with Crippen molar-refractivity contribution in [2.45, 2.75) is 70.6 Å². The topological polar surface area (TPSA) is 94.9 Å². The van der Waals surface area contributed by atoms with Gasteiger partial charge in [0.25, 0.3) is 0 Å². The van der Waals surface area contributed by atoms with Crippen LogP contribution < -0.4 is 5.32 Å². The number of nitrogens with zero attached hydrogens (tertiary/aromatic N) is 2. The summed E-state index contributed by atoms with van der Waals surface area (Å²) in [5.74, 6) is -0.839.